The van der Waals surface area contributed by atoms with Crippen LogP contribution in [0.2, 0.25) is 0 Å². The number of carbonyl (C=O) groups is 1. The van der Waals surface area contributed by atoms with Gasteiger partial charge in [0.2, 0.25) is 5.91 Å². The molecule has 4 heteroatoms. The van der Waals surface area contributed by atoms with Crippen molar-refractivity contribution in [3.8, 4) is 5.75 Å². The van der Waals surface area contributed by atoms with E-state index in [2.05, 4.69) is 63.9 Å². The van der Waals surface area contributed by atoms with Crippen molar-refractivity contribution in [2.45, 2.75) is 72.4 Å². The van der Waals surface area contributed by atoms with Gasteiger partial charge in [-0.2, -0.15) is 0 Å². The van der Waals surface area contributed by atoms with Gasteiger partial charge < -0.3 is 10.1 Å². The van der Waals surface area contributed by atoms with Crippen LogP contribution in [0, 0.1) is 0 Å². The zero-order valence-electron chi connectivity index (χ0n) is 20.8. The maximum atomic E-state index is 12.4. The third-order valence-electron chi connectivity index (χ3n) is 5.77. The lowest BCUT2D eigenvalue weighted by molar-refractivity contribution is -0.111. The molecule has 0 spiro atoms. The van der Waals surface area contributed by atoms with Gasteiger partial charge in [-0.3, -0.25) is 9.69 Å². The highest BCUT2D eigenvalue weighted by Crippen LogP contribution is 2.24. The fourth-order valence-electron chi connectivity index (χ4n) is 3.96. The largest absolute Gasteiger partial charge is 0.496 e. The summed E-state index contributed by atoms with van der Waals surface area (Å²) in [5, 5.41) is 2.98. The molecule has 1 N–H and O–H groups in total. The monoisotopic (exact) mass is 436 g/mol. The van der Waals surface area contributed by atoms with Crippen molar-refractivity contribution in [3.05, 3.63) is 65.2 Å². The summed E-state index contributed by atoms with van der Waals surface area (Å²) in [5.41, 5.74) is 4.21. The number of methoxy groups -OCH3 is 1. The van der Waals surface area contributed by atoms with E-state index in [1.165, 1.54) is 5.56 Å². The van der Waals surface area contributed by atoms with Gasteiger partial charge in [-0.25, -0.2) is 0 Å². The van der Waals surface area contributed by atoms with Gasteiger partial charge in [-0.05, 0) is 94.0 Å². The Hall–Kier alpha value is -2.59. The van der Waals surface area contributed by atoms with E-state index in [4.69, 9.17) is 4.74 Å². The van der Waals surface area contributed by atoms with Crippen LogP contribution in [0.5, 0.6) is 5.75 Å². The molecule has 2 rings (SSSR count). The van der Waals surface area contributed by atoms with Gasteiger partial charge in [-0.1, -0.05) is 38.1 Å². The van der Waals surface area contributed by atoms with Crippen molar-refractivity contribution >= 4 is 17.7 Å². The van der Waals surface area contributed by atoms with E-state index in [-0.39, 0.29) is 5.91 Å². The Morgan fingerprint density at radius 1 is 1.00 bits per heavy atom. The van der Waals surface area contributed by atoms with Gasteiger partial charge in [-0.15, -0.1) is 0 Å². The van der Waals surface area contributed by atoms with Gasteiger partial charge in [0.05, 0.1) is 7.11 Å². The van der Waals surface area contributed by atoms with Gasteiger partial charge in [0.25, 0.3) is 0 Å². The lowest BCUT2D eigenvalue weighted by Gasteiger charge is -2.30. The molecule has 0 aliphatic carbocycles. The first-order chi connectivity index (χ1) is 15.2. The second-order valence-corrected chi connectivity index (χ2v) is 9.20. The van der Waals surface area contributed by atoms with Crippen LogP contribution in [0.4, 0.5) is 5.69 Å². The first-order valence-corrected chi connectivity index (χ1v) is 11.7. The molecule has 4 nitrogen and oxygen atoms in total. The Kier molecular flexibility index (Phi) is 9.98. The van der Waals surface area contributed by atoms with Gasteiger partial charge in [0, 0.05) is 23.8 Å². The van der Waals surface area contributed by atoms with Crippen molar-refractivity contribution in [2.75, 3.05) is 19.0 Å². The molecule has 0 saturated carbocycles. The van der Waals surface area contributed by atoms with Gasteiger partial charge >= 0.3 is 0 Å². The van der Waals surface area contributed by atoms with Crippen molar-refractivity contribution in [1.29, 1.82) is 0 Å². The number of ether oxygens (including phenoxy) is 1. The number of hydrogen-bond acceptors (Lipinski definition) is 3. The lowest BCUT2D eigenvalue weighted by Crippen LogP contribution is -2.37. The molecule has 0 saturated heterocycles. The van der Waals surface area contributed by atoms with Crippen LogP contribution in [0.1, 0.15) is 70.6 Å². The average Bonchev–Trinajstić information content (AvgIpc) is 2.75. The first-order valence-electron chi connectivity index (χ1n) is 11.7. The Morgan fingerprint density at radius 2 is 1.66 bits per heavy atom. The van der Waals surface area contributed by atoms with E-state index in [9.17, 15) is 4.79 Å². The zero-order valence-corrected chi connectivity index (χ0v) is 20.8. The second-order valence-electron chi connectivity index (χ2n) is 9.20. The number of anilines is 1. The molecule has 2 aromatic carbocycles. The summed E-state index contributed by atoms with van der Waals surface area (Å²) in [5.74, 6) is 1.23. The summed E-state index contributed by atoms with van der Waals surface area (Å²) >= 11 is 0. The van der Waals surface area contributed by atoms with Crippen molar-refractivity contribution in [3.63, 3.8) is 0 Å². The summed E-state index contributed by atoms with van der Waals surface area (Å²) in [6, 6.07) is 15.2. The average molecular weight is 437 g/mol. The fraction of sp³-hybridized carbons (Fsp3) is 0.464. The number of aryl methyl sites for hydroxylation is 1. The van der Waals surface area contributed by atoms with Crippen molar-refractivity contribution < 1.29 is 9.53 Å². The summed E-state index contributed by atoms with van der Waals surface area (Å²) in [4.78, 5) is 14.9. The van der Waals surface area contributed by atoms with E-state index >= 15 is 0 Å². The maximum Gasteiger partial charge on any atom is 0.248 e. The Morgan fingerprint density at radius 3 is 2.22 bits per heavy atom. The van der Waals surface area contributed by atoms with Gasteiger partial charge in [0.15, 0.2) is 0 Å². The minimum Gasteiger partial charge on any atom is -0.496 e. The third kappa shape index (κ3) is 7.83. The maximum absolute atomic E-state index is 12.4. The molecule has 0 unspecified atom stereocenters. The quantitative estimate of drug-likeness (QED) is 0.408. The number of nitrogens with one attached hydrogen (secondary N) is 1. The van der Waals surface area contributed by atoms with Gasteiger partial charge in [0.1, 0.15) is 5.75 Å². The molecule has 0 heterocycles. The highest BCUT2D eigenvalue weighted by atomic mass is 16.5. The highest BCUT2D eigenvalue weighted by Gasteiger charge is 2.13. The van der Waals surface area contributed by atoms with Crippen LogP contribution in [-0.4, -0.2) is 36.5 Å². The molecule has 32 heavy (non-hydrogen) atoms. The smallest absolute Gasteiger partial charge is 0.248 e. The lowest BCUT2D eigenvalue weighted by atomic mass is 10.0. The highest BCUT2D eigenvalue weighted by molar-refractivity contribution is 6.02. The van der Waals surface area contributed by atoms with Crippen LogP contribution < -0.4 is 10.1 Å². The minimum atomic E-state index is -0.139. The number of nitrogens with zero attached hydrogens (tertiary/aromatic N) is 1. The van der Waals surface area contributed by atoms with Crippen LogP contribution in [0.15, 0.2) is 48.5 Å². The molecule has 0 radical (unpaired) electrons. The Balaban J connectivity index is 2.00. The molecule has 174 valence electrons. The summed E-state index contributed by atoms with van der Waals surface area (Å²) in [6.45, 7) is 14.3. The molecule has 0 aliphatic heterocycles. The molecule has 1 amide bonds. The predicted octanol–water partition coefficient (Wildman–Crippen LogP) is 6.52. The molecule has 2 aromatic rings. The summed E-state index contributed by atoms with van der Waals surface area (Å²) in [7, 11) is 1.69. The number of carbonyl (C=O) groups excluding carboxylic acids is 1. The van der Waals surface area contributed by atoms with Crippen molar-refractivity contribution in [2.24, 2.45) is 0 Å². The minimum absolute atomic E-state index is 0.139. The van der Waals surface area contributed by atoms with Crippen LogP contribution in [-0.2, 0) is 11.2 Å². The van der Waals surface area contributed by atoms with E-state index < -0.39 is 0 Å². The molecular weight excluding hydrogens is 396 g/mol. The van der Waals surface area contributed by atoms with E-state index in [0.29, 0.717) is 18.0 Å². The van der Waals surface area contributed by atoms with E-state index in [1.54, 1.807) is 13.2 Å². The Labute approximate surface area is 194 Å². The molecular formula is C28H40N2O2. The molecule has 0 fully saturated rings. The molecule has 0 aliphatic rings. The van der Waals surface area contributed by atoms with E-state index in [1.807, 2.05) is 36.4 Å². The normalized spacial score (nSPS) is 11.8. The first kappa shape index (κ1) is 25.7. The Bertz CT molecular complexity index is 875. The fourth-order valence-corrected chi connectivity index (χ4v) is 3.96. The predicted molar refractivity (Wildman–Crippen MR) is 136 cm³/mol. The van der Waals surface area contributed by atoms with Crippen molar-refractivity contribution in [1.82, 2.24) is 4.90 Å². The zero-order chi connectivity index (χ0) is 23.7. The standard InChI is InChI=1S/C28H40N2O2/c1-20(2)24-13-10-23(11-14-24)12-17-28(31)29-26-15-16-27(32-7)25(19-26)9-8-18-30(21(3)4)22(5)6/h10-17,19-22H,8-9,18H2,1-7H3,(H,29,31). The second kappa shape index (κ2) is 12.4. The molecule has 0 bridgehead atoms. The third-order valence-corrected chi connectivity index (χ3v) is 5.77. The topological polar surface area (TPSA) is 41.6 Å². The SMILES string of the molecule is COc1ccc(NC(=O)C=Cc2ccc(C(C)C)cc2)cc1CCCN(C(C)C)C(C)C. The number of rotatable bonds is 11. The number of benzene rings is 2. The molecule has 0 aromatic heterocycles. The van der Waals surface area contributed by atoms with Crippen LogP contribution in [0.3, 0.4) is 0 Å². The van der Waals surface area contributed by atoms with Crippen LogP contribution >= 0.6 is 0 Å². The van der Waals surface area contributed by atoms with E-state index in [0.717, 1.165) is 42.0 Å². The number of hydrogen-bond donors (Lipinski definition) is 1. The summed E-state index contributed by atoms with van der Waals surface area (Å²) < 4.78 is 5.55. The van der Waals surface area contributed by atoms with Crippen LogP contribution in [0.25, 0.3) is 6.08 Å². The number of amides is 1. The summed E-state index contributed by atoms with van der Waals surface area (Å²) in [6.07, 6.45) is 5.37. The molecule has 0 atom stereocenters.